The van der Waals surface area contributed by atoms with Crippen LogP contribution in [0.5, 0.6) is 0 Å². The monoisotopic (exact) mass is 356 g/mol. The predicted molar refractivity (Wildman–Crippen MR) is 95.0 cm³/mol. The summed E-state index contributed by atoms with van der Waals surface area (Å²) in [7, 11) is 0. The lowest BCUT2D eigenvalue weighted by Gasteiger charge is -2.04. The number of thiophene rings is 1. The van der Waals surface area contributed by atoms with Crippen LogP contribution in [-0.4, -0.2) is 15.4 Å². The molecule has 0 saturated carbocycles. The summed E-state index contributed by atoms with van der Waals surface area (Å²) in [6.45, 7) is 1.90. The van der Waals surface area contributed by atoms with E-state index in [1.54, 1.807) is 11.6 Å². The van der Waals surface area contributed by atoms with Gasteiger partial charge in [0.15, 0.2) is 4.96 Å². The minimum Gasteiger partial charge on any atom is -0.455 e. The predicted octanol–water partition coefficient (Wildman–Crippen LogP) is 3.64. The standard InChI is InChI=1S/C17H12N2O3S2/c1-10-12-4-2-3-5-13(12)24-15(10)16(21)22-9-11-8-14(20)19-6-7-23-17(19)18-11/h2-8H,9H2,1H3. The van der Waals surface area contributed by atoms with Crippen molar-refractivity contribution in [3.63, 3.8) is 0 Å². The fraction of sp³-hybridized carbons (Fsp3) is 0.118. The van der Waals surface area contributed by atoms with Crippen LogP contribution in [0, 0.1) is 6.92 Å². The molecule has 0 atom stereocenters. The second kappa shape index (κ2) is 5.85. The van der Waals surface area contributed by atoms with Crippen LogP contribution in [0.25, 0.3) is 15.0 Å². The topological polar surface area (TPSA) is 60.7 Å². The number of thiazole rings is 1. The van der Waals surface area contributed by atoms with Gasteiger partial charge in [-0.15, -0.1) is 22.7 Å². The van der Waals surface area contributed by atoms with Gasteiger partial charge in [0, 0.05) is 22.3 Å². The lowest BCUT2D eigenvalue weighted by Crippen LogP contribution is -2.14. The molecule has 3 heterocycles. The molecule has 0 N–H and O–H groups in total. The van der Waals surface area contributed by atoms with E-state index in [0.717, 1.165) is 15.6 Å². The van der Waals surface area contributed by atoms with Crippen molar-refractivity contribution in [1.82, 2.24) is 9.38 Å². The average molecular weight is 356 g/mol. The van der Waals surface area contributed by atoms with E-state index in [4.69, 9.17) is 4.74 Å². The summed E-state index contributed by atoms with van der Waals surface area (Å²) >= 11 is 2.78. The van der Waals surface area contributed by atoms with Crippen LogP contribution < -0.4 is 5.56 Å². The number of esters is 1. The molecule has 5 nitrogen and oxygen atoms in total. The number of fused-ring (bicyclic) bond motifs is 2. The van der Waals surface area contributed by atoms with E-state index in [9.17, 15) is 9.59 Å². The van der Waals surface area contributed by atoms with E-state index in [-0.39, 0.29) is 18.1 Å². The van der Waals surface area contributed by atoms with E-state index in [2.05, 4.69) is 4.98 Å². The highest BCUT2D eigenvalue weighted by atomic mass is 32.1. The number of aryl methyl sites for hydroxylation is 1. The minimum atomic E-state index is -0.387. The molecule has 120 valence electrons. The highest BCUT2D eigenvalue weighted by Gasteiger charge is 2.17. The van der Waals surface area contributed by atoms with Crippen LogP contribution in [0.3, 0.4) is 0 Å². The summed E-state index contributed by atoms with van der Waals surface area (Å²) in [6.07, 6.45) is 1.67. The molecule has 0 radical (unpaired) electrons. The molecule has 4 rings (SSSR count). The Balaban J connectivity index is 1.59. The average Bonchev–Trinajstić information content (AvgIpc) is 3.18. The van der Waals surface area contributed by atoms with Crippen molar-refractivity contribution in [3.05, 3.63) is 68.4 Å². The van der Waals surface area contributed by atoms with Crippen molar-refractivity contribution in [2.24, 2.45) is 0 Å². The van der Waals surface area contributed by atoms with Crippen LogP contribution in [0.2, 0.25) is 0 Å². The van der Waals surface area contributed by atoms with Gasteiger partial charge in [-0.2, -0.15) is 0 Å². The van der Waals surface area contributed by atoms with E-state index < -0.39 is 0 Å². The summed E-state index contributed by atoms with van der Waals surface area (Å²) in [5.74, 6) is -0.387. The van der Waals surface area contributed by atoms with Crippen molar-refractivity contribution in [2.75, 3.05) is 0 Å². The molecule has 4 aromatic rings. The van der Waals surface area contributed by atoms with Crippen LogP contribution >= 0.6 is 22.7 Å². The van der Waals surface area contributed by atoms with Gasteiger partial charge in [0.1, 0.15) is 11.5 Å². The zero-order chi connectivity index (χ0) is 16.7. The molecule has 3 aromatic heterocycles. The maximum atomic E-state index is 12.4. The molecule has 1 aromatic carbocycles. The Bertz CT molecular complexity index is 1120. The number of hydrogen-bond acceptors (Lipinski definition) is 6. The highest BCUT2D eigenvalue weighted by Crippen LogP contribution is 2.31. The van der Waals surface area contributed by atoms with Crippen LogP contribution in [0.4, 0.5) is 0 Å². The van der Waals surface area contributed by atoms with Gasteiger partial charge >= 0.3 is 5.97 Å². The van der Waals surface area contributed by atoms with Crippen molar-refractivity contribution >= 4 is 43.7 Å². The first-order valence-corrected chi connectivity index (χ1v) is 8.94. The highest BCUT2D eigenvalue weighted by molar-refractivity contribution is 7.21. The second-order valence-electron chi connectivity index (χ2n) is 5.27. The van der Waals surface area contributed by atoms with Crippen molar-refractivity contribution in [3.8, 4) is 0 Å². The van der Waals surface area contributed by atoms with Crippen molar-refractivity contribution in [2.45, 2.75) is 13.5 Å². The Hall–Kier alpha value is -2.51. The lowest BCUT2D eigenvalue weighted by atomic mass is 10.1. The Kier molecular flexibility index (Phi) is 3.66. The van der Waals surface area contributed by atoms with Crippen LogP contribution in [-0.2, 0) is 11.3 Å². The number of benzene rings is 1. The van der Waals surface area contributed by atoms with Gasteiger partial charge in [-0.25, -0.2) is 9.78 Å². The Labute approximate surface area is 144 Å². The number of carbonyl (C=O) groups excluding carboxylic acids is 1. The molecule has 0 unspecified atom stereocenters. The third kappa shape index (κ3) is 2.51. The fourth-order valence-corrected chi connectivity index (χ4v) is 4.38. The zero-order valence-electron chi connectivity index (χ0n) is 12.7. The van der Waals surface area contributed by atoms with Gasteiger partial charge in [-0.05, 0) is 23.9 Å². The largest absolute Gasteiger partial charge is 0.455 e. The maximum Gasteiger partial charge on any atom is 0.349 e. The lowest BCUT2D eigenvalue weighted by molar-refractivity contribution is 0.0473. The van der Waals surface area contributed by atoms with Gasteiger partial charge in [-0.3, -0.25) is 9.20 Å². The number of ether oxygens (including phenoxy) is 1. The fourth-order valence-electron chi connectivity index (χ4n) is 2.54. The molecular formula is C17H12N2O3S2. The number of nitrogens with zero attached hydrogens (tertiary/aromatic N) is 2. The van der Waals surface area contributed by atoms with E-state index in [1.807, 2.05) is 31.2 Å². The molecular weight excluding hydrogens is 344 g/mol. The first-order chi connectivity index (χ1) is 11.6. The molecule has 0 amide bonds. The smallest absolute Gasteiger partial charge is 0.349 e. The normalized spacial score (nSPS) is 11.2. The number of rotatable bonds is 3. The van der Waals surface area contributed by atoms with Crippen LogP contribution in [0.15, 0.2) is 46.7 Å². The molecule has 0 aliphatic carbocycles. The second-order valence-corrected chi connectivity index (χ2v) is 7.19. The van der Waals surface area contributed by atoms with Crippen LogP contribution in [0.1, 0.15) is 20.9 Å². The first-order valence-electron chi connectivity index (χ1n) is 7.24. The SMILES string of the molecule is Cc1c(C(=O)OCc2cc(=O)n3ccsc3n2)sc2ccccc12. The van der Waals surface area contributed by atoms with Gasteiger partial charge in [0.2, 0.25) is 0 Å². The molecule has 0 bridgehead atoms. The maximum absolute atomic E-state index is 12.4. The number of carbonyl (C=O) groups is 1. The molecule has 0 aliphatic rings. The molecule has 0 spiro atoms. The summed E-state index contributed by atoms with van der Waals surface area (Å²) in [4.78, 5) is 29.8. The summed E-state index contributed by atoms with van der Waals surface area (Å²) in [5, 5.41) is 2.85. The minimum absolute atomic E-state index is 0.0177. The van der Waals surface area contributed by atoms with Gasteiger partial charge < -0.3 is 4.74 Å². The molecule has 0 fully saturated rings. The summed E-state index contributed by atoms with van der Waals surface area (Å²) in [6, 6.07) is 9.26. The molecule has 0 aliphatic heterocycles. The zero-order valence-corrected chi connectivity index (χ0v) is 14.3. The van der Waals surface area contributed by atoms with E-state index in [1.165, 1.54) is 33.1 Å². The van der Waals surface area contributed by atoms with Crippen molar-refractivity contribution in [1.29, 1.82) is 0 Å². The summed E-state index contributed by atoms with van der Waals surface area (Å²) < 4.78 is 7.89. The third-order valence-electron chi connectivity index (χ3n) is 3.74. The van der Waals surface area contributed by atoms with Gasteiger partial charge in [0.25, 0.3) is 5.56 Å². The first kappa shape index (κ1) is 15.0. The summed E-state index contributed by atoms with van der Waals surface area (Å²) in [5.41, 5.74) is 1.20. The van der Waals surface area contributed by atoms with Gasteiger partial charge in [0.05, 0.1) is 5.69 Å². The molecule has 7 heteroatoms. The molecule has 0 saturated heterocycles. The quantitative estimate of drug-likeness (QED) is 0.526. The molecule has 24 heavy (non-hydrogen) atoms. The van der Waals surface area contributed by atoms with E-state index >= 15 is 0 Å². The number of aromatic nitrogens is 2. The van der Waals surface area contributed by atoms with Gasteiger partial charge in [-0.1, -0.05) is 18.2 Å². The Morgan fingerprint density at radius 2 is 2.17 bits per heavy atom. The Morgan fingerprint density at radius 1 is 1.33 bits per heavy atom. The number of hydrogen-bond donors (Lipinski definition) is 0. The van der Waals surface area contributed by atoms with E-state index in [0.29, 0.717) is 15.5 Å². The Morgan fingerprint density at radius 3 is 3.00 bits per heavy atom. The van der Waals surface area contributed by atoms with Crippen molar-refractivity contribution < 1.29 is 9.53 Å². The third-order valence-corrected chi connectivity index (χ3v) is 5.75.